The summed E-state index contributed by atoms with van der Waals surface area (Å²) in [7, 11) is 0. The van der Waals surface area contributed by atoms with Crippen molar-refractivity contribution in [1.82, 2.24) is 4.98 Å². The van der Waals surface area contributed by atoms with Crippen LogP contribution in [0.1, 0.15) is 41.6 Å². The standard InChI is InChI=1S/C27H26N2O5/c30-25(29-23-4-2-1-3-22(23)27(31)32)15-18-6-12-26(28-16-18)34-21-10-8-20(9-11-21)33-24-14-17-5-7-19(24)13-17/h1-4,6,8-12,16-17,19,24H,5,7,13-15H2,(H,29,30)(H,31,32). The van der Waals surface area contributed by atoms with Crippen molar-refractivity contribution in [3.8, 4) is 17.4 Å². The third kappa shape index (κ3) is 5.03. The van der Waals surface area contributed by atoms with Gasteiger partial charge in [-0.25, -0.2) is 9.78 Å². The Morgan fingerprint density at radius 2 is 1.76 bits per heavy atom. The van der Waals surface area contributed by atoms with Crippen LogP contribution >= 0.6 is 0 Å². The van der Waals surface area contributed by atoms with Crippen molar-refractivity contribution in [2.45, 2.75) is 38.2 Å². The maximum Gasteiger partial charge on any atom is 0.337 e. The first-order valence-corrected chi connectivity index (χ1v) is 11.5. The molecule has 3 unspecified atom stereocenters. The number of anilines is 1. The number of ether oxygens (including phenoxy) is 2. The number of nitrogens with one attached hydrogen (secondary N) is 1. The summed E-state index contributed by atoms with van der Waals surface area (Å²) in [4.78, 5) is 27.9. The number of carbonyl (C=O) groups is 2. The molecule has 2 aliphatic rings. The highest BCUT2D eigenvalue weighted by Gasteiger charge is 2.40. The molecular weight excluding hydrogens is 432 g/mol. The van der Waals surface area contributed by atoms with E-state index < -0.39 is 5.97 Å². The fourth-order valence-electron chi connectivity index (χ4n) is 4.95. The molecule has 2 aromatic carbocycles. The van der Waals surface area contributed by atoms with E-state index in [1.807, 2.05) is 24.3 Å². The number of fused-ring (bicyclic) bond motifs is 2. The first kappa shape index (κ1) is 21.9. The topological polar surface area (TPSA) is 97.8 Å². The monoisotopic (exact) mass is 458 g/mol. The number of aromatic carboxylic acids is 1. The maximum absolute atomic E-state index is 12.4. The number of pyridine rings is 1. The van der Waals surface area contributed by atoms with Crippen molar-refractivity contribution in [2.24, 2.45) is 11.8 Å². The number of para-hydroxylation sites is 1. The molecule has 3 atom stereocenters. The predicted octanol–water partition coefficient (Wildman–Crippen LogP) is 5.32. The van der Waals surface area contributed by atoms with Crippen molar-refractivity contribution in [3.63, 3.8) is 0 Å². The van der Waals surface area contributed by atoms with Crippen LogP contribution in [-0.4, -0.2) is 28.1 Å². The molecule has 2 aliphatic carbocycles. The number of hydrogen-bond acceptors (Lipinski definition) is 5. The van der Waals surface area contributed by atoms with Gasteiger partial charge in [0.25, 0.3) is 0 Å². The molecule has 174 valence electrons. The second-order valence-corrected chi connectivity index (χ2v) is 8.99. The molecule has 0 aliphatic heterocycles. The number of amides is 1. The van der Waals surface area contributed by atoms with Crippen molar-refractivity contribution in [2.75, 3.05) is 5.32 Å². The van der Waals surface area contributed by atoms with Gasteiger partial charge < -0.3 is 19.9 Å². The van der Waals surface area contributed by atoms with Crippen molar-refractivity contribution < 1.29 is 24.2 Å². The fraction of sp³-hybridized carbons (Fsp3) is 0.296. The highest BCUT2D eigenvalue weighted by Crippen LogP contribution is 2.46. The number of aromatic nitrogens is 1. The summed E-state index contributed by atoms with van der Waals surface area (Å²) in [5.74, 6) is 2.07. The van der Waals surface area contributed by atoms with Gasteiger partial charge in [-0.15, -0.1) is 0 Å². The summed E-state index contributed by atoms with van der Waals surface area (Å²) in [6, 6.07) is 17.3. The number of rotatable bonds is 8. The Morgan fingerprint density at radius 3 is 2.44 bits per heavy atom. The van der Waals surface area contributed by atoms with E-state index in [1.165, 1.54) is 31.7 Å². The predicted molar refractivity (Wildman–Crippen MR) is 126 cm³/mol. The number of carboxylic acid groups (broad SMARTS) is 1. The minimum atomic E-state index is -1.09. The Hall–Kier alpha value is -3.87. The average Bonchev–Trinajstić information content (AvgIpc) is 3.45. The van der Waals surface area contributed by atoms with E-state index in [-0.39, 0.29) is 23.6 Å². The maximum atomic E-state index is 12.4. The Bertz CT molecular complexity index is 1180. The average molecular weight is 459 g/mol. The van der Waals surface area contributed by atoms with Crippen LogP contribution in [0.5, 0.6) is 17.4 Å². The van der Waals surface area contributed by atoms with Crippen LogP contribution in [0.4, 0.5) is 5.69 Å². The molecule has 1 aromatic heterocycles. The number of carboxylic acids is 1. The lowest BCUT2D eigenvalue weighted by Crippen LogP contribution is -2.23. The molecule has 2 saturated carbocycles. The second-order valence-electron chi connectivity index (χ2n) is 8.99. The quantitative estimate of drug-likeness (QED) is 0.474. The molecule has 7 nitrogen and oxygen atoms in total. The molecule has 0 saturated heterocycles. The third-order valence-electron chi connectivity index (χ3n) is 6.60. The molecule has 2 N–H and O–H groups in total. The summed E-state index contributed by atoms with van der Waals surface area (Å²) in [6.07, 6.45) is 7.10. The zero-order valence-electron chi connectivity index (χ0n) is 18.6. The number of nitrogens with zero attached hydrogens (tertiary/aromatic N) is 1. The molecule has 5 rings (SSSR count). The van der Waals surface area contributed by atoms with Gasteiger partial charge in [-0.05, 0) is 79.5 Å². The highest BCUT2D eigenvalue weighted by molar-refractivity contribution is 6.00. The molecule has 34 heavy (non-hydrogen) atoms. The van der Waals surface area contributed by atoms with E-state index in [9.17, 15) is 14.7 Å². The van der Waals surface area contributed by atoms with Crippen LogP contribution in [0.2, 0.25) is 0 Å². The zero-order chi connectivity index (χ0) is 23.5. The molecular formula is C27H26N2O5. The largest absolute Gasteiger partial charge is 0.490 e. The van der Waals surface area contributed by atoms with E-state index in [1.54, 1.807) is 36.5 Å². The van der Waals surface area contributed by atoms with Gasteiger partial charge in [0.05, 0.1) is 17.7 Å². The number of carbonyl (C=O) groups excluding carboxylic acids is 1. The highest BCUT2D eigenvalue weighted by atomic mass is 16.5. The zero-order valence-corrected chi connectivity index (χ0v) is 18.6. The van der Waals surface area contributed by atoms with Gasteiger partial charge in [0.15, 0.2) is 0 Å². The molecule has 1 heterocycles. The van der Waals surface area contributed by atoms with Crippen molar-refractivity contribution in [3.05, 3.63) is 78.0 Å². The van der Waals surface area contributed by atoms with E-state index in [4.69, 9.17) is 9.47 Å². The molecule has 2 fully saturated rings. The summed E-state index contributed by atoms with van der Waals surface area (Å²) >= 11 is 0. The Morgan fingerprint density at radius 1 is 0.971 bits per heavy atom. The second kappa shape index (κ2) is 9.55. The van der Waals surface area contributed by atoms with E-state index >= 15 is 0 Å². The first-order valence-electron chi connectivity index (χ1n) is 11.5. The van der Waals surface area contributed by atoms with Gasteiger partial charge >= 0.3 is 5.97 Å². The lowest BCUT2D eigenvalue weighted by atomic mass is 9.98. The van der Waals surface area contributed by atoms with Gasteiger partial charge in [-0.2, -0.15) is 0 Å². The third-order valence-corrected chi connectivity index (χ3v) is 6.60. The molecule has 3 aromatic rings. The van der Waals surface area contributed by atoms with Crippen molar-refractivity contribution >= 4 is 17.6 Å². The smallest absolute Gasteiger partial charge is 0.337 e. The summed E-state index contributed by atoms with van der Waals surface area (Å²) in [6.45, 7) is 0. The molecule has 0 radical (unpaired) electrons. The van der Waals surface area contributed by atoms with E-state index in [0.29, 0.717) is 29.2 Å². The van der Waals surface area contributed by atoms with Gasteiger partial charge in [-0.1, -0.05) is 18.2 Å². The minimum Gasteiger partial charge on any atom is -0.490 e. The van der Waals surface area contributed by atoms with Crippen molar-refractivity contribution in [1.29, 1.82) is 0 Å². The van der Waals surface area contributed by atoms with Crippen LogP contribution in [0.3, 0.4) is 0 Å². The number of benzene rings is 2. The normalized spacial score (nSPS) is 20.6. The fourth-order valence-corrected chi connectivity index (χ4v) is 4.95. The SMILES string of the molecule is O=C(Cc1ccc(Oc2ccc(OC3CC4CCC3C4)cc2)nc1)Nc1ccccc1C(=O)O. The molecule has 7 heteroatoms. The Balaban J connectivity index is 1.14. The van der Waals surface area contributed by atoms with Gasteiger partial charge in [0, 0.05) is 12.3 Å². The Labute approximate surface area is 197 Å². The number of hydrogen-bond donors (Lipinski definition) is 2. The lowest BCUT2D eigenvalue weighted by Gasteiger charge is -2.23. The summed E-state index contributed by atoms with van der Waals surface area (Å²) in [5, 5.41) is 11.9. The molecule has 2 bridgehead atoms. The lowest BCUT2D eigenvalue weighted by molar-refractivity contribution is -0.115. The molecule has 1 amide bonds. The van der Waals surface area contributed by atoms with Crippen LogP contribution in [-0.2, 0) is 11.2 Å². The van der Waals surface area contributed by atoms with Gasteiger partial charge in [0.1, 0.15) is 17.6 Å². The molecule has 0 spiro atoms. The van der Waals surface area contributed by atoms with E-state index in [2.05, 4.69) is 10.3 Å². The summed E-state index contributed by atoms with van der Waals surface area (Å²) < 4.78 is 12.0. The van der Waals surface area contributed by atoms with E-state index in [0.717, 1.165) is 11.7 Å². The van der Waals surface area contributed by atoms with Gasteiger partial charge in [0.2, 0.25) is 11.8 Å². The minimum absolute atomic E-state index is 0.0459. The van der Waals surface area contributed by atoms with Crippen LogP contribution in [0, 0.1) is 11.8 Å². The van der Waals surface area contributed by atoms with Crippen LogP contribution in [0.25, 0.3) is 0 Å². The van der Waals surface area contributed by atoms with Crippen LogP contribution in [0.15, 0.2) is 66.9 Å². The summed E-state index contributed by atoms with van der Waals surface area (Å²) in [5.41, 5.74) is 0.998. The van der Waals surface area contributed by atoms with Crippen LogP contribution < -0.4 is 14.8 Å². The Kier molecular flexibility index (Phi) is 6.16. The van der Waals surface area contributed by atoms with Gasteiger partial charge in [-0.3, -0.25) is 4.79 Å². The first-order chi connectivity index (χ1) is 16.5.